The molecule has 1 heterocycles. The van der Waals surface area contributed by atoms with Crippen molar-refractivity contribution in [3.63, 3.8) is 0 Å². The van der Waals surface area contributed by atoms with Crippen LogP contribution in [0.5, 0.6) is 0 Å². The molecule has 0 amide bonds. The quantitative estimate of drug-likeness (QED) is 0.567. The summed E-state index contributed by atoms with van der Waals surface area (Å²) in [7, 11) is 1.99. The summed E-state index contributed by atoms with van der Waals surface area (Å²) < 4.78 is 2.05. The number of benzene rings is 2. The summed E-state index contributed by atoms with van der Waals surface area (Å²) in [4.78, 5) is 0. The van der Waals surface area contributed by atoms with Crippen LogP contribution < -0.4 is 0 Å². The van der Waals surface area contributed by atoms with Crippen molar-refractivity contribution in [3.05, 3.63) is 69.8 Å². The van der Waals surface area contributed by atoms with Gasteiger partial charge in [0, 0.05) is 29.7 Å². The van der Waals surface area contributed by atoms with Crippen molar-refractivity contribution in [3.8, 4) is 6.07 Å². The monoisotopic (exact) mass is 326 g/mol. The molecule has 1 aromatic heterocycles. The van der Waals surface area contributed by atoms with Gasteiger partial charge in [0.2, 0.25) is 0 Å². The number of nitriles is 1. The average Bonchev–Trinajstić information content (AvgIpc) is 2.84. The van der Waals surface area contributed by atoms with Gasteiger partial charge in [-0.15, -0.1) is 0 Å². The SMILES string of the molecule is Cn1cc(/C=C(\C#N)c2ccc(Cl)c(Cl)c2)c2ccccc21. The molecule has 108 valence electrons. The van der Waals surface area contributed by atoms with E-state index in [0.717, 1.165) is 22.0 Å². The average molecular weight is 327 g/mol. The Morgan fingerprint density at radius 1 is 1.14 bits per heavy atom. The molecule has 3 rings (SSSR count). The van der Waals surface area contributed by atoms with E-state index < -0.39 is 0 Å². The van der Waals surface area contributed by atoms with E-state index in [1.54, 1.807) is 18.2 Å². The van der Waals surface area contributed by atoms with Crippen LogP contribution in [0.4, 0.5) is 0 Å². The Kier molecular flexibility index (Phi) is 3.94. The Balaban J connectivity index is 2.15. The number of aromatic nitrogens is 1. The van der Waals surface area contributed by atoms with Crippen molar-refractivity contribution in [1.82, 2.24) is 4.57 Å². The van der Waals surface area contributed by atoms with Crippen LogP contribution >= 0.6 is 23.2 Å². The second-order valence-electron chi connectivity index (χ2n) is 5.01. The first-order valence-electron chi connectivity index (χ1n) is 6.71. The molecular weight excluding hydrogens is 315 g/mol. The maximum atomic E-state index is 9.48. The maximum absolute atomic E-state index is 9.48. The Morgan fingerprint density at radius 3 is 2.64 bits per heavy atom. The van der Waals surface area contributed by atoms with E-state index in [2.05, 4.69) is 12.1 Å². The lowest BCUT2D eigenvalue weighted by Crippen LogP contribution is -1.83. The van der Waals surface area contributed by atoms with E-state index in [0.29, 0.717) is 15.6 Å². The normalized spacial score (nSPS) is 11.6. The smallest absolute Gasteiger partial charge is 0.0998 e. The predicted molar refractivity (Wildman–Crippen MR) is 92.9 cm³/mol. The van der Waals surface area contributed by atoms with Crippen LogP contribution in [0, 0.1) is 11.3 Å². The third kappa shape index (κ3) is 2.62. The standard InChI is InChI=1S/C18H12Cl2N2/c1-22-11-14(15-4-2-3-5-18(15)22)8-13(10-21)12-6-7-16(19)17(20)9-12/h2-9,11H,1H3/b13-8+. The molecule has 0 fully saturated rings. The number of fused-ring (bicyclic) bond motifs is 1. The predicted octanol–water partition coefficient (Wildman–Crippen LogP) is 5.55. The zero-order chi connectivity index (χ0) is 15.7. The molecule has 0 saturated heterocycles. The van der Waals surface area contributed by atoms with Gasteiger partial charge in [0.25, 0.3) is 0 Å². The largest absolute Gasteiger partial charge is 0.350 e. The van der Waals surface area contributed by atoms with E-state index in [1.807, 2.05) is 42.1 Å². The molecule has 0 N–H and O–H groups in total. The van der Waals surface area contributed by atoms with Gasteiger partial charge in [-0.3, -0.25) is 0 Å². The first kappa shape index (κ1) is 14.7. The molecule has 0 aliphatic rings. The highest BCUT2D eigenvalue weighted by Gasteiger charge is 2.08. The number of hydrogen-bond acceptors (Lipinski definition) is 1. The summed E-state index contributed by atoms with van der Waals surface area (Å²) in [6.45, 7) is 0. The van der Waals surface area contributed by atoms with E-state index >= 15 is 0 Å². The summed E-state index contributed by atoms with van der Waals surface area (Å²) in [6.07, 6.45) is 3.89. The minimum Gasteiger partial charge on any atom is -0.350 e. The highest BCUT2D eigenvalue weighted by Crippen LogP contribution is 2.29. The number of hydrogen-bond donors (Lipinski definition) is 0. The molecule has 0 spiro atoms. The topological polar surface area (TPSA) is 28.7 Å². The lowest BCUT2D eigenvalue weighted by Gasteiger charge is -2.02. The molecule has 3 aromatic rings. The molecule has 2 nitrogen and oxygen atoms in total. The molecular formula is C18H12Cl2N2. The summed E-state index contributed by atoms with van der Waals surface area (Å²) in [5.74, 6) is 0. The van der Waals surface area contributed by atoms with Crippen LogP contribution in [0.2, 0.25) is 10.0 Å². The van der Waals surface area contributed by atoms with Gasteiger partial charge in [-0.1, -0.05) is 47.5 Å². The summed E-state index contributed by atoms with van der Waals surface area (Å²) in [5.41, 5.74) is 3.43. The first-order valence-corrected chi connectivity index (χ1v) is 7.47. The number of aryl methyl sites for hydroxylation is 1. The minimum absolute atomic E-state index is 0.443. The fraction of sp³-hybridized carbons (Fsp3) is 0.0556. The summed E-state index contributed by atoms with van der Waals surface area (Å²) in [6, 6.07) is 15.5. The Morgan fingerprint density at radius 2 is 1.91 bits per heavy atom. The fourth-order valence-electron chi connectivity index (χ4n) is 2.49. The second-order valence-corrected chi connectivity index (χ2v) is 5.83. The number of nitrogens with zero attached hydrogens (tertiary/aromatic N) is 2. The van der Waals surface area contributed by atoms with Crippen molar-refractivity contribution < 1.29 is 0 Å². The van der Waals surface area contributed by atoms with Crippen molar-refractivity contribution in [2.75, 3.05) is 0 Å². The number of rotatable bonds is 2. The Bertz CT molecular complexity index is 930. The molecule has 0 saturated carbocycles. The van der Waals surface area contributed by atoms with Crippen LogP contribution in [0.25, 0.3) is 22.6 Å². The maximum Gasteiger partial charge on any atom is 0.0998 e. The van der Waals surface area contributed by atoms with Gasteiger partial charge in [-0.2, -0.15) is 5.26 Å². The third-order valence-corrected chi connectivity index (χ3v) is 4.32. The Hall–Kier alpha value is -2.21. The van der Waals surface area contributed by atoms with Crippen LogP contribution in [-0.4, -0.2) is 4.57 Å². The van der Waals surface area contributed by atoms with Crippen LogP contribution in [0.15, 0.2) is 48.7 Å². The van der Waals surface area contributed by atoms with Gasteiger partial charge in [0.15, 0.2) is 0 Å². The molecule has 0 atom stereocenters. The molecule has 0 aliphatic heterocycles. The van der Waals surface area contributed by atoms with Crippen molar-refractivity contribution in [2.24, 2.45) is 7.05 Å². The van der Waals surface area contributed by atoms with Crippen LogP contribution in [0.3, 0.4) is 0 Å². The number of allylic oxidation sites excluding steroid dienone is 1. The van der Waals surface area contributed by atoms with Gasteiger partial charge < -0.3 is 4.57 Å². The molecule has 4 heteroatoms. The number of halogens is 2. The van der Waals surface area contributed by atoms with E-state index in [9.17, 15) is 5.26 Å². The fourth-order valence-corrected chi connectivity index (χ4v) is 2.79. The molecule has 0 aliphatic carbocycles. The van der Waals surface area contributed by atoms with E-state index in [4.69, 9.17) is 23.2 Å². The minimum atomic E-state index is 0.443. The Labute approximate surface area is 138 Å². The third-order valence-electron chi connectivity index (χ3n) is 3.58. The summed E-state index contributed by atoms with van der Waals surface area (Å²) in [5, 5.41) is 11.5. The molecule has 2 aromatic carbocycles. The van der Waals surface area contributed by atoms with Gasteiger partial charge in [0.1, 0.15) is 0 Å². The molecule has 0 unspecified atom stereocenters. The molecule has 22 heavy (non-hydrogen) atoms. The highest BCUT2D eigenvalue weighted by atomic mass is 35.5. The lowest BCUT2D eigenvalue weighted by molar-refractivity contribution is 0.968. The molecule has 0 radical (unpaired) electrons. The molecule has 0 bridgehead atoms. The van der Waals surface area contributed by atoms with Crippen molar-refractivity contribution in [2.45, 2.75) is 0 Å². The second kappa shape index (κ2) is 5.88. The van der Waals surface area contributed by atoms with Crippen molar-refractivity contribution in [1.29, 1.82) is 5.26 Å². The van der Waals surface area contributed by atoms with Crippen LogP contribution in [0.1, 0.15) is 11.1 Å². The highest BCUT2D eigenvalue weighted by molar-refractivity contribution is 6.42. The van der Waals surface area contributed by atoms with Crippen molar-refractivity contribution >= 4 is 45.8 Å². The zero-order valence-electron chi connectivity index (χ0n) is 11.8. The van der Waals surface area contributed by atoms with Gasteiger partial charge in [-0.25, -0.2) is 0 Å². The lowest BCUT2D eigenvalue weighted by atomic mass is 10.0. The number of para-hydroxylation sites is 1. The van der Waals surface area contributed by atoms with Gasteiger partial charge in [0.05, 0.1) is 21.7 Å². The first-order chi connectivity index (χ1) is 10.6. The summed E-state index contributed by atoms with van der Waals surface area (Å²) >= 11 is 12.0. The van der Waals surface area contributed by atoms with Crippen LogP contribution in [-0.2, 0) is 7.05 Å². The van der Waals surface area contributed by atoms with Gasteiger partial charge >= 0.3 is 0 Å². The van der Waals surface area contributed by atoms with E-state index in [-0.39, 0.29) is 0 Å². The van der Waals surface area contributed by atoms with E-state index in [1.165, 1.54) is 0 Å². The van der Waals surface area contributed by atoms with Gasteiger partial charge in [-0.05, 0) is 29.8 Å². The zero-order valence-corrected chi connectivity index (χ0v) is 13.4.